The molecule has 0 aliphatic carbocycles. The second-order valence-corrected chi connectivity index (χ2v) is 3.06. The van der Waals surface area contributed by atoms with Crippen molar-refractivity contribution in [3.63, 3.8) is 0 Å². The topological polar surface area (TPSA) is 21.3 Å². The van der Waals surface area contributed by atoms with Crippen molar-refractivity contribution in [1.29, 1.82) is 0 Å². The van der Waals surface area contributed by atoms with Crippen LogP contribution >= 0.6 is 0 Å². The number of nitrogens with one attached hydrogen (secondary N) is 1. The zero-order chi connectivity index (χ0) is 9.10. The highest BCUT2D eigenvalue weighted by Crippen LogP contribution is 2.24. The van der Waals surface area contributed by atoms with Crippen LogP contribution in [0.1, 0.15) is 11.6 Å². The van der Waals surface area contributed by atoms with Crippen LogP contribution < -0.4 is 5.32 Å². The standard InChI is InChI=1S/C11H13NO/c1-13-10-7-8-12-11(10)9-5-3-2-4-6-9/h2-7,11-12H,8H2,1H3/t11-/m0/s1. The average molecular weight is 175 g/mol. The molecule has 0 unspecified atom stereocenters. The monoisotopic (exact) mass is 175 g/mol. The minimum Gasteiger partial charge on any atom is -0.499 e. The SMILES string of the molecule is COC1=CCN[C@H]1c1ccccc1. The van der Waals surface area contributed by atoms with E-state index in [4.69, 9.17) is 4.74 Å². The summed E-state index contributed by atoms with van der Waals surface area (Å²) in [5.41, 5.74) is 1.26. The van der Waals surface area contributed by atoms with Crippen LogP contribution in [-0.2, 0) is 4.74 Å². The van der Waals surface area contributed by atoms with Crippen LogP contribution in [0.3, 0.4) is 0 Å². The van der Waals surface area contributed by atoms with Crippen molar-refractivity contribution < 1.29 is 4.74 Å². The zero-order valence-corrected chi connectivity index (χ0v) is 7.66. The Morgan fingerprint density at radius 1 is 1.31 bits per heavy atom. The Morgan fingerprint density at radius 2 is 2.08 bits per heavy atom. The summed E-state index contributed by atoms with van der Waals surface area (Å²) in [6.45, 7) is 0.892. The summed E-state index contributed by atoms with van der Waals surface area (Å²) >= 11 is 0. The normalized spacial score (nSPS) is 21.3. The molecule has 0 saturated carbocycles. The second kappa shape index (κ2) is 3.62. The van der Waals surface area contributed by atoms with E-state index in [2.05, 4.69) is 23.5 Å². The molecule has 0 amide bonds. The minimum atomic E-state index is 0.242. The van der Waals surface area contributed by atoms with Crippen molar-refractivity contribution in [1.82, 2.24) is 5.32 Å². The van der Waals surface area contributed by atoms with E-state index in [0.29, 0.717) is 0 Å². The highest BCUT2D eigenvalue weighted by Gasteiger charge is 2.20. The fraction of sp³-hybridized carbons (Fsp3) is 0.273. The number of ether oxygens (including phenoxy) is 1. The number of hydrogen-bond donors (Lipinski definition) is 1. The van der Waals surface area contributed by atoms with E-state index < -0.39 is 0 Å². The molecule has 1 N–H and O–H groups in total. The maximum absolute atomic E-state index is 5.28. The van der Waals surface area contributed by atoms with Gasteiger partial charge in [-0.15, -0.1) is 0 Å². The highest BCUT2D eigenvalue weighted by molar-refractivity contribution is 5.28. The first-order valence-electron chi connectivity index (χ1n) is 4.44. The Labute approximate surface area is 78.2 Å². The van der Waals surface area contributed by atoms with E-state index in [1.54, 1.807) is 7.11 Å². The van der Waals surface area contributed by atoms with Crippen LogP contribution in [0.25, 0.3) is 0 Å². The third-order valence-corrected chi connectivity index (χ3v) is 2.28. The van der Waals surface area contributed by atoms with Crippen molar-refractivity contribution >= 4 is 0 Å². The molecule has 0 radical (unpaired) electrons. The van der Waals surface area contributed by atoms with Gasteiger partial charge in [0.25, 0.3) is 0 Å². The Bertz CT molecular complexity index is 305. The van der Waals surface area contributed by atoms with Gasteiger partial charge in [-0.05, 0) is 11.6 Å². The van der Waals surface area contributed by atoms with Gasteiger partial charge in [0.05, 0.1) is 13.2 Å². The Kier molecular flexibility index (Phi) is 2.32. The van der Waals surface area contributed by atoms with E-state index in [0.717, 1.165) is 12.3 Å². The van der Waals surface area contributed by atoms with Crippen LogP contribution in [0, 0.1) is 0 Å². The summed E-state index contributed by atoms with van der Waals surface area (Å²) in [6.07, 6.45) is 2.08. The van der Waals surface area contributed by atoms with Gasteiger partial charge in [0, 0.05) is 6.54 Å². The van der Waals surface area contributed by atoms with Crippen molar-refractivity contribution in [2.45, 2.75) is 6.04 Å². The quantitative estimate of drug-likeness (QED) is 0.740. The van der Waals surface area contributed by atoms with Crippen molar-refractivity contribution in [2.75, 3.05) is 13.7 Å². The molecule has 2 rings (SSSR count). The molecular formula is C11H13NO. The van der Waals surface area contributed by atoms with Crippen LogP contribution in [0.15, 0.2) is 42.2 Å². The third-order valence-electron chi connectivity index (χ3n) is 2.28. The van der Waals surface area contributed by atoms with E-state index >= 15 is 0 Å². The lowest BCUT2D eigenvalue weighted by molar-refractivity contribution is 0.264. The number of benzene rings is 1. The maximum atomic E-state index is 5.28. The molecule has 1 aromatic carbocycles. The molecule has 1 atom stereocenters. The maximum Gasteiger partial charge on any atom is 0.114 e. The molecule has 0 saturated heterocycles. The first-order valence-corrected chi connectivity index (χ1v) is 4.44. The van der Waals surface area contributed by atoms with E-state index in [9.17, 15) is 0 Å². The van der Waals surface area contributed by atoms with Gasteiger partial charge >= 0.3 is 0 Å². The minimum absolute atomic E-state index is 0.242. The molecule has 1 heterocycles. The number of methoxy groups -OCH3 is 1. The van der Waals surface area contributed by atoms with Crippen molar-refractivity contribution in [3.8, 4) is 0 Å². The third kappa shape index (κ3) is 1.58. The van der Waals surface area contributed by atoms with Gasteiger partial charge in [0.1, 0.15) is 5.76 Å². The molecule has 1 aliphatic rings. The molecule has 0 aromatic heterocycles. The van der Waals surface area contributed by atoms with Crippen molar-refractivity contribution in [2.24, 2.45) is 0 Å². The summed E-state index contributed by atoms with van der Waals surface area (Å²) < 4.78 is 5.28. The van der Waals surface area contributed by atoms with E-state index in [1.165, 1.54) is 5.56 Å². The predicted octanol–water partition coefficient (Wildman–Crippen LogP) is 1.86. The average Bonchev–Trinajstić information content (AvgIpc) is 2.67. The first-order chi connectivity index (χ1) is 6.42. The van der Waals surface area contributed by atoms with Crippen LogP contribution in [-0.4, -0.2) is 13.7 Å². The number of rotatable bonds is 2. The summed E-state index contributed by atoms with van der Waals surface area (Å²) in [4.78, 5) is 0. The van der Waals surface area contributed by atoms with Gasteiger partial charge in [-0.3, -0.25) is 0 Å². The van der Waals surface area contributed by atoms with Gasteiger partial charge in [0.15, 0.2) is 0 Å². The van der Waals surface area contributed by atoms with Crippen LogP contribution in [0.4, 0.5) is 0 Å². The Balaban J connectivity index is 2.23. The van der Waals surface area contributed by atoms with E-state index in [-0.39, 0.29) is 6.04 Å². The van der Waals surface area contributed by atoms with Crippen LogP contribution in [0.5, 0.6) is 0 Å². The van der Waals surface area contributed by atoms with Crippen LogP contribution in [0.2, 0.25) is 0 Å². The molecule has 1 aliphatic heterocycles. The van der Waals surface area contributed by atoms with Crippen molar-refractivity contribution in [3.05, 3.63) is 47.7 Å². The second-order valence-electron chi connectivity index (χ2n) is 3.06. The zero-order valence-electron chi connectivity index (χ0n) is 7.66. The number of hydrogen-bond acceptors (Lipinski definition) is 2. The first kappa shape index (κ1) is 8.32. The molecule has 2 nitrogen and oxygen atoms in total. The molecule has 68 valence electrons. The van der Waals surface area contributed by atoms with Gasteiger partial charge in [0.2, 0.25) is 0 Å². The molecular weight excluding hydrogens is 162 g/mol. The van der Waals surface area contributed by atoms with E-state index in [1.807, 2.05) is 18.2 Å². The lowest BCUT2D eigenvalue weighted by atomic mass is 10.1. The smallest absolute Gasteiger partial charge is 0.114 e. The summed E-state index contributed by atoms with van der Waals surface area (Å²) in [7, 11) is 1.72. The van der Waals surface area contributed by atoms with Gasteiger partial charge in [-0.2, -0.15) is 0 Å². The fourth-order valence-corrected chi connectivity index (χ4v) is 1.62. The lowest BCUT2D eigenvalue weighted by Gasteiger charge is -2.14. The lowest BCUT2D eigenvalue weighted by Crippen LogP contribution is -2.16. The fourth-order valence-electron chi connectivity index (χ4n) is 1.62. The Morgan fingerprint density at radius 3 is 2.77 bits per heavy atom. The largest absolute Gasteiger partial charge is 0.499 e. The molecule has 1 aromatic rings. The molecule has 0 bridgehead atoms. The van der Waals surface area contributed by atoms with Gasteiger partial charge < -0.3 is 10.1 Å². The highest BCUT2D eigenvalue weighted by atomic mass is 16.5. The molecule has 2 heteroatoms. The molecule has 0 fully saturated rings. The van der Waals surface area contributed by atoms with Gasteiger partial charge in [-0.1, -0.05) is 30.3 Å². The molecule has 0 spiro atoms. The van der Waals surface area contributed by atoms with Gasteiger partial charge in [-0.25, -0.2) is 0 Å². The summed E-state index contributed by atoms with van der Waals surface area (Å²) in [5.74, 6) is 1.02. The summed E-state index contributed by atoms with van der Waals surface area (Å²) in [6, 6.07) is 10.6. The predicted molar refractivity (Wildman–Crippen MR) is 52.3 cm³/mol. The molecule has 13 heavy (non-hydrogen) atoms. The Hall–Kier alpha value is -1.28. The summed E-state index contributed by atoms with van der Waals surface area (Å²) in [5, 5.41) is 3.36.